The van der Waals surface area contributed by atoms with Crippen molar-refractivity contribution in [1.82, 2.24) is 14.9 Å². The van der Waals surface area contributed by atoms with Crippen molar-refractivity contribution in [3.8, 4) is 0 Å². The van der Waals surface area contributed by atoms with E-state index in [1.165, 1.54) is 55.6 Å². The lowest BCUT2D eigenvalue weighted by Gasteiger charge is -2.20. The number of anilines is 1. The summed E-state index contributed by atoms with van der Waals surface area (Å²) in [4.78, 5) is 14.6. The standard InChI is InChI=1S/C18H26N4S2/c1-2-12-5-6-13-14(11-12)24-17-15(13)16(19)20-18(21-17)23-10-9-22-7-3-4-8-22/h12H,2-11H2,1H3,(H2,19,20,21). The average Bonchev–Trinajstić information content (AvgIpc) is 3.21. The smallest absolute Gasteiger partial charge is 0.190 e. The number of rotatable bonds is 5. The molecule has 24 heavy (non-hydrogen) atoms. The van der Waals surface area contributed by atoms with Crippen LogP contribution in [-0.2, 0) is 12.8 Å². The van der Waals surface area contributed by atoms with Crippen molar-refractivity contribution >= 4 is 39.1 Å². The fourth-order valence-electron chi connectivity index (χ4n) is 3.94. The number of nitrogen functional groups attached to an aromatic ring is 1. The molecular formula is C18H26N4S2. The van der Waals surface area contributed by atoms with E-state index in [-0.39, 0.29) is 0 Å². The van der Waals surface area contributed by atoms with E-state index >= 15 is 0 Å². The lowest BCUT2D eigenvalue weighted by atomic mass is 9.86. The first-order valence-electron chi connectivity index (χ1n) is 9.17. The van der Waals surface area contributed by atoms with Gasteiger partial charge in [-0.3, -0.25) is 0 Å². The number of nitrogens with zero attached hydrogens (tertiary/aromatic N) is 3. The minimum atomic E-state index is 0.691. The molecule has 3 heterocycles. The zero-order valence-electron chi connectivity index (χ0n) is 14.4. The van der Waals surface area contributed by atoms with Crippen molar-refractivity contribution in [2.45, 2.75) is 50.6 Å². The third-order valence-electron chi connectivity index (χ3n) is 5.43. The molecule has 1 aliphatic heterocycles. The highest BCUT2D eigenvalue weighted by molar-refractivity contribution is 7.99. The van der Waals surface area contributed by atoms with E-state index in [1.54, 1.807) is 11.8 Å². The molecule has 0 aromatic carbocycles. The highest BCUT2D eigenvalue weighted by Crippen LogP contribution is 2.40. The summed E-state index contributed by atoms with van der Waals surface area (Å²) in [5.74, 6) is 2.57. The number of aromatic nitrogens is 2. The molecule has 1 fully saturated rings. The quantitative estimate of drug-likeness (QED) is 0.644. The Morgan fingerprint density at radius 1 is 1.29 bits per heavy atom. The number of thiophene rings is 1. The second-order valence-corrected chi connectivity index (χ2v) is 9.14. The zero-order chi connectivity index (χ0) is 16.5. The van der Waals surface area contributed by atoms with Crippen LogP contribution in [0.3, 0.4) is 0 Å². The Balaban J connectivity index is 1.51. The molecule has 1 unspecified atom stereocenters. The van der Waals surface area contributed by atoms with E-state index in [2.05, 4.69) is 16.8 Å². The van der Waals surface area contributed by atoms with Gasteiger partial charge in [-0.2, -0.15) is 0 Å². The van der Waals surface area contributed by atoms with Crippen LogP contribution in [0.1, 0.15) is 43.0 Å². The van der Waals surface area contributed by atoms with Crippen molar-refractivity contribution in [3.05, 3.63) is 10.4 Å². The molecule has 2 N–H and O–H groups in total. The predicted molar refractivity (Wildman–Crippen MR) is 104 cm³/mol. The van der Waals surface area contributed by atoms with Crippen molar-refractivity contribution in [1.29, 1.82) is 0 Å². The van der Waals surface area contributed by atoms with Crippen molar-refractivity contribution < 1.29 is 0 Å². The SMILES string of the molecule is CCC1CCc2c(sc3nc(SCCN4CCCC4)nc(N)c23)C1. The van der Waals surface area contributed by atoms with Crippen LogP contribution >= 0.6 is 23.1 Å². The number of fused-ring (bicyclic) bond motifs is 3. The van der Waals surface area contributed by atoms with Crippen LogP contribution in [0, 0.1) is 5.92 Å². The summed E-state index contributed by atoms with van der Waals surface area (Å²) in [6.45, 7) is 5.93. The topological polar surface area (TPSA) is 55.0 Å². The molecule has 0 spiro atoms. The van der Waals surface area contributed by atoms with E-state index in [4.69, 9.17) is 10.7 Å². The molecule has 4 rings (SSSR count). The maximum Gasteiger partial charge on any atom is 0.190 e. The van der Waals surface area contributed by atoms with Gasteiger partial charge in [0.1, 0.15) is 10.6 Å². The summed E-state index contributed by atoms with van der Waals surface area (Å²) in [6, 6.07) is 0. The number of aryl methyl sites for hydroxylation is 1. The molecule has 1 atom stereocenters. The molecule has 2 aliphatic rings. The Kier molecular flexibility index (Phi) is 4.97. The van der Waals surface area contributed by atoms with Gasteiger partial charge in [0.2, 0.25) is 0 Å². The van der Waals surface area contributed by atoms with E-state index < -0.39 is 0 Å². The molecule has 6 heteroatoms. The van der Waals surface area contributed by atoms with Crippen LogP contribution < -0.4 is 5.73 Å². The minimum absolute atomic E-state index is 0.691. The number of thioether (sulfide) groups is 1. The summed E-state index contributed by atoms with van der Waals surface area (Å²) in [5.41, 5.74) is 7.75. The van der Waals surface area contributed by atoms with Crippen molar-refractivity contribution in [3.63, 3.8) is 0 Å². The first kappa shape index (κ1) is 16.6. The molecule has 130 valence electrons. The molecule has 0 radical (unpaired) electrons. The average molecular weight is 363 g/mol. The monoisotopic (exact) mass is 362 g/mol. The number of hydrogen-bond acceptors (Lipinski definition) is 6. The third kappa shape index (κ3) is 3.28. The van der Waals surface area contributed by atoms with Gasteiger partial charge >= 0.3 is 0 Å². The Morgan fingerprint density at radius 3 is 2.92 bits per heavy atom. The normalized spacial score (nSPS) is 21.5. The lowest BCUT2D eigenvalue weighted by molar-refractivity contribution is 0.362. The lowest BCUT2D eigenvalue weighted by Crippen LogP contribution is -2.21. The summed E-state index contributed by atoms with van der Waals surface area (Å²) in [6.07, 6.45) is 7.58. The van der Waals surface area contributed by atoms with Gasteiger partial charge in [0, 0.05) is 17.2 Å². The zero-order valence-corrected chi connectivity index (χ0v) is 16.0. The summed E-state index contributed by atoms with van der Waals surface area (Å²) < 4.78 is 0. The maximum absolute atomic E-state index is 6.32. The second-order valence-electron chi connectivity index (χ2n) is 6.99. The molecule has 4 nitrogen and oxygen atoms in total. The van der Waals surface area contributed by atoms with Crippen LogP contribution in [0.4, 0.5) is 5.82 Å². The number of hydrogen-bond donors (Lipinski definition) is 1. The third-order valence-corrected chi connectivity index (χ3v) is 7.41. The number of likely N-dealkylation sites (tertiary alicyclic amines) is 1. The number of nitrogens with two attached hydrogens (primary N) is 1. The van der Waals surface area contributed by atoms with E-state index in [0.717, 1.165) is 40.0 Å². The molecule has 0 saturated carbocycles. The molecule has 0 amide bonds. The summed E-state index contributed by atoms with van der Waals surface area (Å²) >= 11 is 3.60. The van der Waals surface area contributed by atoms with E-state index in [9.17, 15) is 0 Å². The van der Waals surface area contributed by atoms with Crippen molar-refractivity contribution in [2.24, 2.45) is 5.92 Å². The largest absolute Gasteiger partial charge is 0.383 e. The Hall–Kier alpha value is -0.850. The van der Waals surface area contributed by atoms with Gasteiger partial charge in [0.25, 0.3) is 0 Å². The van der Waals surface area contributed by atoms with Crippen LogP contribution in [0.25, 0.3) is 10.2 Å². The first-order chi connectivity index (χ1) is 11.7. The fraction of sp³-hybridized carbons (Fsp3) is 0.667. The molecule has 2 aromatic heterocycles. The van der Waals surface area contributed by atoms with Gasteiger partial charge in [-0.25, -0.2) is 9.97 Å². The van der Waals surface area contributed by atoms with Crippen LogP contribution in [-0.4, -0.2) is 40.3 Å². The molecule has 0 bridgehead atoms. The van der Waals surface area contributed by atoms with Gasteiger partial charge in [-0.1, -0.05) is 25.1 Å². The first-order valence-corrected chi connectivity index (χ1v) is 11.0. The van der Waals surface area contributed by atoms with Crippen LogP contribution in [0.5, 0.6) is 0 Å². The van der Waals surface area contributed by atoms with Crippen LogP contribution in [0.15, 0.2) is 5.16 Å². The van der Waals surface area contributed by atoms with Gasteiger partial charge in [-0.05, 0) is 56.7 Å². The molecule has 1 aliphatic carbocycles. The molecule has 1 saturated heterocycles. The minimum Gasteiger partial charge on any atom is -0.383 e. The van der Waals surface area contributed by atoms with E-state index in [1.807, 2.05) is 11.3 Å². The fourth-order valence-corrected chi connectivity index (χ4v) is 6.19. The van der Waals surface area contributed by atoms with Crippen LogP contribution in [0.2, 0.25) is 0 Å². The predicted octanol–water partition coefficient (Wildman–Crippen LogP) is 3.98. The van der Waals surface area contributed by atoms with Gasteiger partial charge < -0.3 is 10.6 Å². The Bertz CT molecular complexity index is 721. The van der Waals surface area contributed by atoms with Crippen molar-refractivity contribution in [2.75, 3.05) is 31.1 Å². The Labute approximate surface area is 152 Å². The second kappa shape index (κ2) is 7.18. The van der Waals surface area contributed by atoms with Gasteiger partial charge in [0.05, 0.1) is 5.39 Å². The highest BCUT2D eigenvalue weighted by Gasteiger charge is 2.24. The Morgan fingerprint density at radius 2 is 2.12 bits per heavy atom. The summed E-state index contributed by atoms with van der Waals surface area (Å²) in [5, 5.41) is 2.00. The molecule has 2 aromatic rings. The summed E-state index contributed by atoms with van der Waals surface area (Å²) in [7, 11) is 0. The van der Waals surface area contributed by atoms with Gasteiger partial charge in [-0.15, -0.1) is 11.3 Å². The molecular weight excluding hydrogens is 336 g/mol. The van der Waals surface area contributed by atoms with E-state index in [0.29, 0.717) is 5.82 Å². The van der Waals surface area contributed by atoms with Gasteiger partial charge in [0.15, 0.2) is 5.16 Å². The highest BCUT2D eigenvalue weighted by atomic mass is 32.2. The maximum atomic E-state index is 6.32.